The number of nitrogens with one attached hydrogen (secondary N) is 2. The quantitative estimate of drug-likeness (QED) is 0.172. The molecule has 0 aromatic heterocycles. The van der Waals surface area contributed by atoms with E-state index >= 15 is 0 Å². The van der Waals surface area contributed by atoms with Crippen LogP contribution in [0.15, 0.2) is 48.1 Å². The average Bonchev–Trinajstić information content (AvgIpc) is 2.62. The highest BCUT2D eigenvalue weighted by atomic mass is 16.5. The van der Waals surface area contributed by atoms with Gasteiger partial charge in [-0.1, -0.05) is 36.4 Å². The maximum atomic E-state index is 11.8. The number of aliphatic hydroxyl groups is 1. The average molecular weight is 350 g/mol. The van der Waals surface area contributed by atoms with Crippen LogP contribution in [0.4, 0.5) is 0 Å². The van der Waals surface area contributed by atoms with Crippen molar-refractivity contribution < 1.29 is 19.4 Å². The monoisotopic (exact) mass is 350 g/mol. The minimum absolute atomic E-state index is 0.0781. The first-order valence-corrected chi connectivity index (χ1v) is 7.62. The lowest BCUT2D eigenvalue weighted by atomic mass is 10.0. The van der Waals surface area contributed by atoms with Crippen LogP contribution in [0, 0.1) is 0 Å². The van der Waals surface area contributed by atoms with Gasteiger partial charge < -0.3 is 20.9 Å². The highest BCUT2D eigenvalue weighted by Gasteiger charge is 2.23. The van der Waals surface area contributed by atoms with Gasteiger partial charge in [0.25, 0.3) is 5.91 Å². The summed E-state index contributed by atoms with van der Waals surface area (Å²) >= 11 is 0. The molecular weight excluding hydrogens is 324 g/mol. The van der Waals surface area contributed by atoms with E-state index in [4.69, 9.17) is 10.5 Å². The van der Waals surface area contributed by atoms with Crippen molar-refractivity contribution in [2.24, 2.45) is 10.8 Å². The van der Waals surface area contributed by atoms with E-state index in [1.807, 2.05) is 37.3 Å². The van der Waals surface area contributed by atoms with Crippen LogP contribution in [-0.4, -0.2) is 49.1 Å². The number of rotatable bonds is 8. The Balaban J connectivity index is 0.00000178. The number of nitrogens with zero attached hydrogens (tertiary/aromatic N) is 1. The molecule has 8 nitrogen and oxygen atoms in total. The standard InChI is InChI=1S/C14H20N4O4.C3H6/c1-22-12(18-17-9-19)8-16-14(21)13(20)11(15)7-10-5-3-2-4-6-10;1-3-2/h2-6,9,11,13,20H,7-8,15H2,1H3,(H,16,21)(H,17,19);3H,1H2,2H3/b18-12-;. The number of methoxy groups -OCH3 is 1. The molecule has 1 aromatic rings. The van der Waals surface area contributed by atoms with Crippen molar-refractivity contribution in [3.63, 3.8) is 0 Å². The summed E-state index contributed by atoms with van der Waals surface area (Å²) in [6, 6.07) is 8.58. The Kier molecular flexibility index (Phi) is 12.2. The second kappa shape index (κ2) is 13.7. The van der Waals surface area contributed by atoms with E-state index in [-0.39, 0.29) is 12.4 Å². The van der Waals surface area contributed by atoms with Crippen LogP contribution in [0.3, 0.4) is 0 Å². The Hall–Kier alpha value is -2.71. The fourth-order valence-electron chi connectivity index (χ4n) is 1.72. The van der Waals surface area contributed by atoms with E-state index in [1.165, 1.54) is 7.11 Å². The van der Waals surface area contributed by atoms with E-state index in [1.54, 1.807) is 6.08 Å². The van der Waals surface area contributed by atoms with E-state index in [0.717, 1.165) is 5.56 Å². The van der Waals surface area contributed by atoms with Gasteiger partial charge in [-0.2, -0.15) is 0 Å². The van der Waals surface area contributed by atoms with Crippen molar-refractivity contribution in [2.75, 3.05) is 13.7 Å². The second-order valence-corrected chi connectivity index (χ2v) is 4.88. The molecule has 1 aromatic carbocycles. The Bertz CT molecular complexity index is 549. The third kappa shape index (κ3) is 9.90. The van der Waals surface area contributed by atoms with E-state index in [9.17, 15) is 14.7 Å². The maximum absolute atomic E-state index is 11.8. The van der Waals surface area contributed by atoms with Gasteiger partial charge in [0.2, 0.25) is 12.3 Å². The van der Waals surface area contributed by atoms with Gasteiger partial charge in [-0.3, -0.25) is 9.59 Å². The smallest absolute Gasteiger partial charge is 0.250 e. The van der Waals surface area contributed by atoms with E-state index in [0.29, 0.717) is 12.8 Å². The van der Waals surface area contributed by atoms with Gasteiger partial charge in [-0.15, -0.1) is 11.7 Å². The molecule has 0 aliphatic carbocycles. The highest BCUT2D eigenvalue weighted by Crippen LogP contribution is 2.04. The van der Waals surface area contributed by atoms with Crippen LogP contribution in [0.5, 0.6) is 0 Å². The van der Waals surface area contributed by atoms with Crippen molar-refractivity contribution >= 4 is 18.2 Å². The third-order valence-corrected chi connectivity index (χ3v) is 2.88. The first kappa shape index (κ1) is 22.3. The number of ether oxygens (including phenoxy) is 1. The third-order valence-electron chi connectivity index (χ3n) is 2.88. The SMILES string of the molecule is C=CC.CO/C(CNC(=O)C(O)C(N)Cc1ccccc1)=N\NC=O. The summed E-state index contributed by atoms with van der Waals surface area (Å²) in [5.41, 5.74) is 8.82. The van der Waals surface area contributed by atoms with Gasteiger partial charge in [0.05, 0.1) is 13.7 Å². The zero-order valence-electron chi connectivity index (χ0n) is 14.5. The molecule has 0 saturated carbocycles. The number of amides is 2. The van der Waals surface area contributed by atoms with E-state index in [2.05, 4.69) is 22.4 Å². The van der Waals surface area contributed by atoms with Crippen molar-refractivity contribution in [1.29, 1.82) is 0 Å². The topological polar surface area (TPSA) is 126 Å². The van der Waals surface area contributed by atoms with Crippen LogP contribution in [0.25, 0.3) is 0 Å². The summed E-state index contributed by atoms with van der Waals surface area (Å²) in [6.07, 6.45) is 1.12. The molecular formula is C17H26N4O4. The lowest BCUT2D eigenvalue weighted by Gasteiger charge is -2.18. The van der Waals surface area contributed by atoms with Gasteiger partial charge in [0.15, 0.2) is 0 Å². The van der Waals surface area contributed by atoms with Crippen molar-refractivity contribution in [1.82, 2.24) is 10.7 Å². The second-order valence-electron chi connectivity index (χ2n) is 4.88. The van der Waals surface area contributed by atoms with Gasteiger partial charge in [-0.25, -0.2) is 5.43 Å². The van der Waals surface area contributed by atoms with Crippen LogP contribution in [0.2, 0.25) is 0 Å². The molecule has 0 fully saturated rings. The fourth-order valence-corrected chi connectivity index (χ4v) is 1.72. The van der Waals surface area contributed by atoms with Crippen molar-refractivity contribution in [2.45, 2.75) is 25.5 Å². The Morgan fingerprint density at radius 3 is 2.56 bits per heavy atom. The maximum Gasteiger partial charge on any atom is 0.250 e. The van der Waals surface area contributed by atoms with Gasteiger partial charge in [0, 0.05) is 6.04 Å². The molecule has 0 aliphatic rings. The molecule has 0 heterocycles. The number of benzene rings is 1. The fraction of sp³-hybridized carbons (Fsp3) is 0.353. The normalized spacial score (nSPS) is 12.7. The summed E-state index contributed by atoms with van der Waals surface area (Å²) in [5.74, 6) is -0.552. The summed E-state index contributed by atoms with van der Waals surface area (Å²) in [7, 11) is 1.34. The number of hydrogen-bond donors (Lipinski definition) is 4. The van der Waals surface area contributed by atoms with Crippen molar-refractivity contribution in [3.8, 4) is 0 Å². The molecule has 2 atom stereocenters. The molecule has 138 valence electrons. The van der Waals surface area contributed by atoms with Crippen LogP contribution in [0.1, 0.15) is 12.5 Å². The lowest BCUT2D eigenvalue weighted by molar-refractivity contribution is -0.130. The minimum atomic E-state index is -1.36. The van der Waals surface area contributed by atoms with Crippen LogP contribution < -0.4 is 16.5 Å². The largest absolute Gasteiger partial charge is 0.482 e. The summed E-state index contributed by atoms with van der Waals surface area (Å²) in [6.45, 7) is 5.17. The number of hydrazone groups is 1. The highest BCUT2D eigenvalue weighted by molar-refractivity contribution is 5.87. The van der Waals surface area contributed by atoms with Crippen LogP contribution >= 0.6 is 0 Å². The zero-order chi connectivity index (χ0) is 19.1. The summed E-state index contributed by atoms with van der Waals surface area (Å²) in [4.78, 5) is 21.9. The predicted molar refractivity (Wildman–Crippen MR) is 96.7 cm³/mol. The Morgan fingerprint density at radius 2 is 2.04 bits per heavy atom. The van der Waals surface area contributed by atoms with Crippen molar-refractivity contribution in [3.05, 3.63) is 48.6 Å². The number of allylic oxidation sites excluding steroid dienone is 1. The van der Waals surface area contributed by atoms with E-state index < -0.39 is 18.1 Å². The molecule has 0 saturated heterocycles. The number of carbonyl (C=O) groups is 2. The zero-order valence-corrected chi connectivity index (χ0v) is 14.5. The van der Waals surface area contributed by atoms with Crippen LogP contribution in [-0.2, 0) is 20.7 Å². The molecule has 8 heteroatoms. The summed E-state index contributed by atoms with van der Waals surface area (Å²) < 4.78 is 4.84. The van der Waals surface area contributed by atoms with Gasteiger partial charge in [-0.05, 0) is 18.9 Å². The molecule has 0 aliphatic heterocycles. The number of carbonyl (C=O) groups excluding carboxylic acids is 2. The lowest BCUT2D eigenvalue weighted by Crippen LogP contribution is -2.48. The van der Waals surface area contributed by atoms with Gasteiger partial charge in [0.1, 0.15) is 6.10 Å². The molecule has 2 amide bonds. The summed E-state index contributed by atoms with van der Waals surface area (Å²) in [5, 5.41) is 15.9. The molecule has 25 heavy (non-hydrogen) atoms. The van der Waals surface area contributed by atoms with Gasteiger partial charge >= 0.3 is 0 Å². The molecule has 2 unspecified atom stereocenters. The number of hydrogen-bond acceptors (Lipinski definition) is 6. The molecule has 0 spiro atoms. The Morgan fingerprint density at radius 1 is 1.44 bits per heavy atom. The minimum Gasteiger partial charge on any atom is -0.482 e. The predicted octanol–water partition coefficient (Wildman–Crippen LogP) is -0.0683. The molecule has 5 N–H and O–H groups in total. The Labute approximate surface area is 147 Å². The first-order valence-electron chi connectivity index (χ1n) is 7.62. The molecule has 0 radical (unpaired) electrons. The first-order chi connectivity index (χ1) is 12.0. The molecule has 1 rings (SSSR count). The number of aliphatic hydroxyl groups excluding tert-OH is 1. The number of nitrogens with two attached hydrogens (primary N) is 1. The molecule has 0 bridgehead atoms.